The molecule has 0 fully saturated rings. The number of hydrogen-bond donors (Lipinski definition) is 2. The molecule has 3 rings (SSSR count). The van der Waals surface area contributed by atoms with Crippen LogP contribution < -0.4 is 15.5 Å². The minimum atomic E-state index is 0. The third-order valence-electron chi connectivity index (χ3n) is 4.32. The van der Waals surface area contributed by atoms with Gasteiger partial charge in [-0.1, -0.05) is 18.2 Å². The van der Waals surface area contributed by atoms with Gasteiger partial charge in [-0.3, -0.25) is 4.99 Å². The zero-order chi connectivity index (χ0) is 16.9. The number of fused-ring (bicyclic) bond motifs is 1. The molecule has 0 amide bonds. The number of anilines is 1. The predicted molar refractivity (Wildman–Crippen MR) is 117 cm³/mol. The van der Waals surface area contributed by atoms with Crippen molar-refractivity contribution in [1.82, 2.24) is 15.6 Å². The summed E-state index contributed by atoms with van der Waals surface area (Å²) in [7, 11) is 1.80. The van der Waals surface area contributed by atoms with Crippen molar-refractivity contribution >= 4 is 47.0 Å². The fourth-order valence-electron chi connectivity index (χ4n) is 3.04. The Morgan fingerprint density at radius 3 is 2.88 bits per heavy atom. The van der Waals surface area contributed by atoms with E-state index in [1.165, 1.54) is 16.1 Å². The highest BCUT2D eigenvalue weighted by Gasteiger charge is 2.22. The standard InChI is InChI=1S/C18H25N5S.HI/c1-13(23-9-8-15-6-4-5-7-16(15)23)10-21-18(19-3)22-12-17-20-11-14(2)24-17;/h4-7,11,13H,8-10,12H2,1-3H3,(H2,19,21,22);1H. The summed E-state index contributed by atoms with van der Waals surface area (Å²) in [5, 5.41) is 7.84. The van der Waals surface area contributed by atoms with Crippen molar-refractivity contribution < 1.29 is 0 Å². The van der Waals surface area contributed by atoms with Crippen molar-refractivity contribution in [3.8, 4) is 0 Å². The number of halogens is 1. The first kappa shape index (κ1) is 20.0. The summed E-state index contributed by atoms with van der Waals surface area (Å²) in [5.74, 6) is 0.821. The molecule has 2 heterocycles. The molecule has 7 heteroatoms. The van der Waals surface area contributed by atoms with Gasteiger partial charge in [-0.2, -0.15) is 0 Å². The van der Waals surface area contributed by atoms with Crippen LogP contribution in [-0.2, 0) is 13.0 Å². The summed E-state index contributed by atoms with van der Waals surface area (Å²) >= 11 is 1.71. The Bertz CT molecular complexity index is 715. The third-order valence-corrected chi connectivity index (χ3v) is 5.23. The van der Waals surface area contributed by atoms with Gasteiger partial charge in [0.05, 0.1) is 6.54 Å². The van der Waals surface area contributed by atoms with Crippen molar-refractivity contribution in [2.75, 3.05) is 25.0 Å². The molecule has 1 aromatic carbocycles. The first-order valence-corrected chi connectivity index (χ1v) is 9.19. The Hall–Kier alpha value is -1.35. The van der Waals surface area contributed by atoms with E-state index in [-0.39, 0.29) is 24.0 Å². The van der Waals surface area contributed by atoms with E-state index in [1.54, 1.807) is 18.4 Å². The van der Waals surface area contributed by atoms with Gasteiger partial charge in [0, 0.05) is 42.9 Å². The van der Waals surface area contributed by atoms with E-state index >= 15 is 0 Å². The maximum Gasteiger partial charge on any atom is 0.191 e. The lowest BCUT2D eigenvalue weighted by Gasteiger charge is -2.28. The fourth-order valence-corrected chi connectivity index (χ4v) is 3.77. The summed E-state index contributed by atoms with van der Waals surface area (Å²) < 4.78 is 0. The average molecular weight is 471 g/mol. The van der Waals surface area contributed by atoms with Crippen LogP contribution in [0.2, 0.25) is 0 Å². The van der Waals surface area contributed by atoms with Gasteiger partial charge in [0.1, 0.15) is 5.01 Å². The molecule has 136 valence electrons. The van der Waals surface area contributed by atoms with Crippen LogP contribution in [0.4, 0.5) is 5.69 Å². The van der Waals surface area contributed by atoms with Crippen LogP contribution in [0.5, 0.6) is 0 Å². The van der Waals surface area contributed by atoms with E-state index < -0.39 is 0 Å². The summed E-state index contributed by atoms with van der Waals surface area (Å²) in [6.45, 7) is 6.98. The van der Waals surface area contributed by atoms with Crippen LogP contribution in [0.25, 0.3) is 0 Å². The Balaban J connectivity index is 0.00000225. The van der Waals surface area contributed by atoms with Gasteiger partial charge in [0.15, 0.2) is 5.96 Å². The molecule has 0 saturated heterocycles. The quantitative estimate of drug-likeness (QED) is 0.400. The highest BCUT2D eigenvalue weighted by atomic mass is 127. The molecular weight excluding hydrogens is 445 g/mol. The third kappa shape index (κ3) is 5.07. The molecule has 1 aliphatic heterocycles. The summed E-state index contributed by atoms with van der Waals surface area (Å²) in [6.07, 6.45) is 3.04. The van der Waals surface area contributed by atoms with Crippen LogP contribution in [0.15, 0.2) is 35.5 Å². The van der Waals surface area contributed by atoms with Crippen LogP contribution >= 0.6 is 35.3 Å². The minimum Gasteiger partial charge on any atom is -0.366 e. The van der Waals surface area contributed by atoms with E-state index in [0.717, 1.165) is 30.5 Å². The minimum absolute atomic E-state index is 0. The first-order chi connectivity index (χ1) is 11.7. The largest absolute Gasteiger partial charge is 0.366 e. The number of aliphatic imine (C=N–C) groups is 1. The topological polar surface area (TPSA) is 52.6 Å². The lowest BCUT2D eigenvalue weighted by atomic mass is 10.2. The number of benzene rings is 1. The number of hydrogen-bond acceptors (Lipinski definition) is 4. The van der Waals surface area contributed by atoms with Crippen molar-refractivity contribution in [2.45, 2.75) is 32.9 Å². The van der Waals surface area contributed by atoms with Crippen LogP contribution in [0.1, 0.15) is 22.4 Å². The van der Waals surface area contributed by atoms with Gasteiger partial charge in [-0.25, -0.2) is 4.98 Å². The second kappa shape index (κ2) is 9.38. The molecule has 0 aliphatic carbocycles. The van der Waals surface area contributed by atoms with Crippen LogP contribution in [0, 0.1) is 6.92 Å². The Morgan fingerprint density at radius 1 is 1.36 bits per heavy atom. The normalized spacial score (nSPS) is 14.7. The van der Waals surface area contributed by atoms with Crippen molar-refractivity contribution in [1.29, 1.82) is 0 Å². The van der Waals surface area contributed by atoms with Crippen molar-refractivity contribution in [3.05, 3.63) is 45.9 Å². The summed E-state index contributed by atoms with van der Waals surface area (Å²) in [5.41, 5.74) is 2.82. The highest BCUT2D eigenvalue weighted by Crippen LogP contribution is 2.28. The second-order valence-corrected chi connectivity index (χ2v) is 7.41. The molecule has 0 spiro atoms. The average Bonchev–Trinajstić information content (AvgIpc) is 3.21. The molecule has 0 saturated carbocycles. The zero-order valence-electron chi connectivity index (χ0n) is 15.0. The number of nitrogens with zero attached hydrogens (tertiary/aromatic N) is 3. The van der Waals surface area contributed by atoms with Crippen LogP contribution in [0.3, 0.4) is 0 Å². The van der Waals surface area contributed by atoms with E-state index in [9.17, 15) is 0 Å². The maximum absolute atomic E-state index is 4.37. The number of nitrogens with one attached hydrogen (secondary N) is 2. The molecule has 2 N–H and O–H groups in total. The maximum atomic E-state index is 4.37. The number of para-hydroxylation sites is 1. The SMILES string of the molecule is CN=C(NCc1ncc(C)s1)NCC(C)N1CCc2ccccc21.I. The fraction of sp³-hybridized carbons (Fsp3) is 0.444. The van der Waals surface area contributed by atoms with E-state index in [4.69, 9.17) is 0 Å². The van der Waals surface area contributed by atoms with E-state index in [1.807, 2.05) is 6.20 Å². The monoisotopic (exact) mass is 471 g/mol. The molecule has 5 nitrogen and oxygen atoms in total. The molecule has 0 bridgehead atoms. The number of aromatic nitrogens is 1. The van der Waals surface area contributed by atoms with Crippen LogP contribution in [-0.4, -0.2) is 37.1 Å². The number of aryl methyl sites for hydroxylation is 1. The first-order valence-electron chi connectivity index (χ1n) is 8.37. The molecule has 0 radical (unpaired) electrons. The summed E-state index contributed by atoms with van der Waals surface area (Å²) in [4.78, 5) is 12.4. The zero-order valence-corrected chi connectivity index (χ0v) is 18.1. The molecule has 1 aliphatic rings. The van der Waals surface area contributed by atoms with Crippen molar-refractivity contribution in [3.63, 3.8) is 0 Å². The van der Waals surface area contributed by atoms with Gasteiger partial charge in [-0.15, -0.1) is 35.3 Å². The molecule has 1 atom stereocenters. The molecular formula is C18H26IN5S. The number of rotatable bonds is 5. The van der Waals surface area contributed by atoms with Gasteiger partial charge in [-0.05, 0) is 31.9 Å². The van der Waals surface area contributed by atoms with Gasteiger partial charge >= 0.3 is 0 Å². The van der Waals surface area contributed by atoms with E-state index in [0.29, 0.717) is 12.6 Å². The van der Waals surface area contributed by atoms with Gasteiger partial charge in [0.2, 0.25) is 0 Å². The predicted octanol–water partition coefficient (Wildman–Crippen LogP) is 3.19. The second-order valence-electron chi connectivity index (χ2n) is 6.09. The molecule has 2 aromatic rings. The lowest BCUT2D eigenvalue weighted by molar-refractivity contribution is 0.625. The van der Waals surface area contributed by atoms with Crippen molar-refractivity contribution in [2.24, 2.45) is 4.99 Å². The molecule has 1 unspecified atom stereocenters. The van der Waals surface area contributed by atoms with Gasteiger partial charge in [0.25, 0.3) is 0 Å². The Kier molecular flexibility index (Phi) is 7.49. The lowest BCUT2D eigenvalue weighted by Crippen LogP contribution is -2.45. The molecule has 25 heavy (non-hydrogen) atoms. The number of thiazole rings is 1. The highest BCUT2D eigenvalue weighted by molar-refractivity contribution is 14.0. The Labute approximate surface area is 171 Å². The Morgan fingerprint density at radius 2 is 2.16 bits per heavy atom. The smallest absolute Gasteiger partial charge is 0.191 e. The van der Waals surface area contributed by atoms with Gasteiger partial charge < -0.3 is 15.5 Å². The molecule has 1 aromatic heterocycles. The number of guanidine groups is 1. The summed E-state index contributed by atoms with van der Waals surface area (Å²) in [6, 6.07) is 9.10. The van der Waals surface area contributed by atoms with E-state index in [2.05, 4.69) is 63.6 Å².